The number of fused-ring (bicyclic) bond motifs is 2. The number of sulfonamides is 1. The highest BCUT2D eigenvalue weighted by Gasteiger charge is 2.17. The van der Waals surface area contributed by atoms with Gasteiger partial charge < -0.3 is 14.8 Å². The minimum absolute atomic E-state index is 0.0383. The summed E-state index contributed by atoms with van der Waals surface area (Å²) in [6.07, 6.45) is 0.518. The minimum Gasteiger partial charge on any atom is -0.454 e. The number of thioether (sulfide) groups is 1. The van der Waals surface area contributed by atoms with Crippen molar-refractivity contribution in [1.82, 2.24) is 14.9 Å². The van der Waals surface area contributed by atoms with Gasteiger partial charge >= 0.3 is 0 Å². The lowest BCUT2D eigenvalue weighted by Crippen LogP contribution is -2.28. The summed E-state index contributed by atoms with van der Waals surface area (Å²) in [5, 5.41) is 8.89. The van der Waals surface area contributed by atoms with Gasteiger partial charge in [-0.2, -0.15) is 0 Å². The molecule has 0 atom stereocenters. The number of amides is 1. The van der Waals surface area contributed by atoms with E-state index in [1.54, 1.807) is 41.0 Å². The fourth-order valence-electron chi connectivity index (χ4n) is 3.99. The molecule has 196 valence electrons. The van der Waals surface area contributed by atoms with Gasteiger partial charge in [-0.25, -0.2) is 18.5 Å². The molecule has 2 heterocycles. The molecule has 12 heteroatoms. The van der Waals surface area contributed by atoms with Crippen molar-refractivity contribution in [2.24, 2.45) is 5.14 Å². The van der Waals surface area contributed by atoms with Crippen LogP contribution in [0.15, 0.2) is 81.6 Å². The standard InChI is InChI=1S/C26H24N4O6S2/c27-38(33,34)19-8-5-17(6-9-19)11-12-28-24(31)15-37-26-29-21-4-2-1-3-20(21)25(32)30(26)14-18-7-10-22-23(13-18)36-16-35-22/h1-10,13H,11-12,14-16H2,(H,28,31)(H2,27,33,34). The molecule has 0 saturated carbocycles. The Kier molecular flexibility index (Phi) is 7.36. The number of primary sulfonamides is 1. The van der Waals surface area contributed by atoms with Crippen molar-refractivity contribution in [2.75, 3.05) is 19.1 Å². The van der Waals surface area contributed by atoms with Gasteiger partial charge in [0, 0.05) is 6.54 Å². The molecule has 0 fully saturated rings. The largest absolute Gasteiger partial charge is 0.454 e. The summed E-state index contributed by atoms with van der Waals surface area (Å²) in [7, 11) is -3.75. The van der Waals surface area contributed by atoms with Crippen LogP contribution in [0.5, 0.6) is 11.5 Å². The van der Waals surface area contributed by atoms with Gasteiger partial charge in [-0.15, -0.1) is 0 Å². The zero-order valence-corrected chi connectivity index (χ0v) is 21.8. The molecule has 1 aromatic heterocycles. The lowest BCUT2D eigenvalue weighted by molar-refractivity contribution is -0.118. The zero-order chi connectivity index (χ0) is 26.7. The third kappa shape index (κ3) is 5.82. The van der Waals surface area contributed by atoms with E-state index in [0.717, 1.165) is 11.1 Å². The molecular weight excluding hydrogens is 528 g/mol. The van der Waals surface area contributed by atoms with E-state index in [0.29, 0.717) is 40.5 Å². The second-order valence-corrected chi connectivity index (χ2v) is 11.1. The highest BCUT2D eigenvalue weighted by molar-refractivity contribution is 7.99. The molecular formula is C26H24N4O6S2. The second-order valence-electron chi connectivity index (χ2n) is 8.57. The van der Waals surface area contributed by atoms with Gasteiger partial charge in [0.15, 0.2) is 16.7 Å². The number of ether oxygens (including phenoxy) is 2. The molecule has 38 heavy (non-hydrogen) atoms. The second kappa shape index (κ2) is 10.9. The summed E-state index contributed by atoms with van der Waals surface area (Å²) in [6.45, 7) is 0.780. The monoisotopic (exact) mass is 552 g/mol. The Balaban J connectivity index is 1.27. The Hall–Kier alpha value is -3.87. The first-order chi connectivity index (χ1) is 18.3. The van der Waals surface area contributed by atoms with Crippen LogP contribution >= 0.6 is 11.8 Å². The van der Waals surface area contributed by atoms with Crippen molar-refractivity contribution in [2.45, 2.75) is 23.0 Å². The maximum Gasteiger partial charge on any atom is 0.262 e. The molecule has 0 bridgehead atoms. The van der Waals surface area contributed by atoms with E-state index in [2.05, 4.69) is 10.3 Å². The number of aromatic nitrogens is 2. The van der Waals surface area contributed by atoms with E-state index in [4.69, 9.17) is 14.6 Å². The van der Waals surface area contributed by atoms with E-state index in [-0.39, 0.29) is 35.5 Å². The summed E-state index contributed by atoms with van der Waals surface area (Å²) < 4.78 is 35.2. The predicted octanol–water partition coefficient (Wildman–Crippen LogP) is 2.27. The number of nitrogens with zero attached hydrogens (tertiary/aromatic N) is 2. The van der Waals surface area contributed by atoms with Crippen LogP contribution in [-0.4, -0.2) is 43.0 Å². The Morgan fingerprint density at radius 3 is 2.55 bits per heavy atom. The molecule has 5 rings (SSSR count). The van der Waals surface area contributed by atoms with Gasteiger partial charge in [-0.05, 0) is 53.9 Å². The highest BCUT2D eigenvalue weighted by Crippen LogP contribution is 2.33. The molecule has 3 N–H and O–H groups in total. The first-order valence-electron chi connectivity index (χ1n) is 11.7. The SMILES string of the molecule is NS(=O)(=O)c1ccc(CCNC(=O)CSc2nc3ccccc3c(=O)n2Cc2ccc3c(c2)OCO3)cc1. The van der Waals surface area contributed by atoms with Gasteiger partial charge in [0.25, 0.3) is 5.56 Å². The maximum absolute atomic E-state index is 13.4. The third-order valence-corrected chi connectivity index (χ3v) is 7.83. The maximum atomic E-state index is 13.4. The fourth-order valence-corrected chi connectivity index (χ4v) is 5.34. The Labute approximate surface area is 222 Å². The summed E-state index contributed by atoms with van der Waals surface area (Å²) in [4.78, 5) is 30.6. The van der Waals surface area contributed by atoms with Crippen molar-refractivity contribution in [1.29, 1.82) is 0 Å². The molecule has 1 aliphatic rings. The Morgan fingerprint density at radius 1 is 1.03 bits per heavy atom. The lowest BCUT2D eigenvalue weighted by atomic mass is 10.1. The highest BCUT2D eigenvalue weighted by atomic mass is 32.2. The number of nitrogens with two attached hydrogens (primary N) is 1. The van der Waals surface area contributed by atoms with Crippen molar-refractivity contribution >= 4 is 38.6 Å². The average Bonchev–Trinajstić information content (AvgIpc) is 3.37. The quantitative estimate of drug-likeness (QED) is 0.238. The normalized spacial score (nSPS) is 12.6. The van der Waals surface area contributed by atoms with Gasteiger partial charge in [-0.3, -0.25) is 14.2 Å². The minimum atomic E-state index is -3.75. The number of carbonyl (C=O) groups excluding carboxylic acids is 1. The fraction of sp³-hybridized carbons (Fsp3) is 0.192. The van der Waals surface area contributed by atoms with Crippen LogP contribution in [0.3, 0.4) is 0 Å². The summed E-state index contributed by atoms with van der Waals surface area (Å²) >= 11 is 1.18. The topological polar surface area (TPSA) is 143 Å². The molecule has 1 aliphatic heterocycles. The van der Waals surface area contributed by atoms with Crippen LogP contribution in [0, 0.1) is 0 Å². The molecule has 0 spiro atoms. The number of hydrogen-bond acceptors (Lipinski definition) is 8. The van der Waals surface area contributed by atoms with E-state index in [9.17, 15) is 18.0 Å². The third-order valence-electron chi connectivity index (χ3n) is 5.92. The van der Waals surface area contributed by atoms with Crippen LogP contribution in [0.2, 0.25) is 0 Å². The van der Waals surface area contributed by atoms with Gasteiger partial charge in [0.2, 0.25) is 22.7 Å². The lowest BCUT2D eigenvalue weighted by Gasteiger charge is -2.14. The smallest absolute Gasteiger partial charge is 0.262 e. The molecule has 0 aliphatic carbocycles. The van der Waals surface area contributed by atoms with Gasteiger partial charge in [-0.1, -0.05) is 42.1 Å². The van der Waals surface area contributed by atoms with Gasteiger partial charge in [0.1, 0.15) is 0 Å². The Bertz CT molecular complexity index is 1670. The van der Waals surface area contributed by atoms with E-state index in [1.165, 1.54) is 23.9 Å². The molecule has 4 aromatic rings. The number of nitrogens with one attached hydrogen (secondary N) is 1. The first-order valence-corrected chi connectivity index (χ1v) is 14.2. The van der Waals surface area contributed by atoms with E-state index < -0.39 is 10.0 Å². The number of hydrogen-bond donors (Lipinski definition) is 2. The first kappa shape index (κ1) is 25.8. The molecule has 10 nitrogen and oxygen atoms in total. The van der Waals surface area contributed by atoms with Crippen LogP contribution in [0.25, 0.3) is 10.9 Å². The molecule has 0 unspecified atom stereocenters. The van der Waals surface area contributed by atoms with Crippen molar-refractivity contribution in [3.8, 4) is 11.5 Å². The van der Waals surface area contributed by atoms with Crippen LogP contribution < -0.4 is 25.5 Å². The Morgan fingerprint density at radius 2 is 1.76 bits per heavy atom. The van der Waals surface area contributed by atoms with Gasteiger partial charge in [0.05, 0.1) is 28.1 Å². The van der Waals surface area contributed by atoms with Crippen LogP contribution in [-0.2, 0) is 27.8 Å². The van der Waals surface area contributed by atoms with Crippen molar-refractivity contribution < 1.29 is 22.7 Å². The summed E-state index contributed by atoms with van der Waals surface area (Å²) in [5.41, 5.74) is 2.07. The molecule has 1 amide bonds. The number of rotatable bonds is 9. The summed E-state index contributed by atoms with van der Waals surface area (Å²) in [6, 6.07) is 18.8. The molecule has 3 aromatic carbocycles. The molecule has 0 saturated heterocycles. The van der Waals surface area contributed by atoms with Crippen molar-refractivity contribution in [3.63, 3.8) is 0 Å². The van der Waals surface area contributed by atoms with E-state index in [1.807, 2.05) is 18.2 Å². The molecule has 0 radical (unpaired) electrons. The van der Waals surface area contributed by atoms with Crippen molar-refractivity contribution in [3.05, 3.63) is 88.2 Å². The van der Waals surface area contributed by atoms with Crippen LogP contribution in [0.1, 0.15) is 11.1 Å². The number of carbonyl (C=O) groups is 1. The average molecular weight is 553 g/mol. The van der Waals surface area contributed by atoms with Crippen LogP contribution in [0.4, 0.5) is 0 Å². The number of benzene rings is 3. The zero-order valence-electron chi connectivity index (χ0n) is 20.1. The van der Waals surface area contributed by atoms with E-state index >= 15 is 0 Å². The number of para-hydroxylation sites is 1. The summed E-state index contributed by atoms with van der Waals surface area (Å²) in [5.74, 6) is 1.13. The predicted molar refractivity (Wildman–Crippen MR) is 143 cm³/mol.